The molecule has 3 nitrogen and oxygen atoms in total. The number of pyridine rings is 1. The molecule has 1 aliphatic carbocycles. The summed E-state index contributed by atoms with van der Waals surface area (Å²) in [6.07, 6.45) is 4.99. The Hall–Kier alpha value is -1.81. The molecule has 2 heterocycles. The maximum Gasteiger partial charge on any atom is 0.261 e. The van der Waals surface area contributed by atoms with Crippen LogP contribution in [0.25, 0.3) is 17.3 Å². The lowest BCUT2D eigenvalue weighted by Crippen LogP contribution is -2.19. The molecular formula is C18H11Cl3N2O. The third-order valence-corrected chi connectivity index (χ3v) is 4.91. The number of fused-ring (bicyclic) bond motifs is 2. The average molecular weight is 378 g/mol. The van der Waals surface area contributed by atoms with Gasteiger partial charge < -0.3 is 0 Å². The Bertz CT molecular complexity index is 1070. The predicted octanol–water partition coefficient (Wildman–Crippen LogP) is 5.14. The number of aromatic nitrogens is 2. The fourth-order valence-electron chi connectivity index (χ4n) is 2.97. The van der Waals surface area contributed by atoms with E-state index in [0.717, 1.165) is 23.3 Å². The Kier molecular flexibility index (Phi) is 3.87. The van der Waals surface area contributed by atoms with E-state index in [4.69, 9.17) is 34.8 Å². The Labute approximate surface area is 153 Å². The van der Waals surface area contributed by atoms with Crippen LogP contribution in [0.4, 0.5) is 0 Å². The molecule has 0 aliphatic heterocycles. The molecule has 1 aromatic carbocycles. The zero-order chi connectivity index (χ0) is 16.8. The first-order valence-electron chi connectivity index (χ1n) is 7.40. The van der Waals surface area contributed by atoms with Crippen molar-refractivity contribution < 1.29 is 0 Å². The van der Waals surface area contributed by atoms with E-state index in [1.807, 2.05) is 12.1 Å². The molecule has 120 valence electrons. The number of allylic oxidation sites excluding steroid dienone is 1. The summed E-state index contributed by atoms with van der Waals surface area (Å²) in [5.74, 6) is 0. The Morgan fingerprint density at radius 3 is 2.62 bits per heavy atom. The number of rotatable bonds is 1. The monoisotopic (exact) mass is 376 g/mol. The van der Waals surface area contributed by atoms with Crippen LogP contribution in [-0.2, 0) is 6.42 Å². The maximum absolute atomic E-state index is 12.7. The van der Waals surface area contributed by atoms with Gasteiger partial charge in [0.2, 0.25) is 0 Å². The molecule has 0 atom stereocenters. The lowest BCUT2D eigenvalue weighted by Gasteiger charge is -2.06. The minimum Gasteiger partial charge on any atom is -0.269 e. The summed E-state index contributed by atoms with van der Waals surface area (Å²) in [6.45, 7) is 0. The van der Waals surface area contributed by atoms with Gasteiger partial charge in [-0.15, -0.1) is 0 Å². The molecule has 0 radical (unpaired) electrons. The molecule has 1 aliphatic rings. The van der Waals surface area contributed by atoms with Gasteiger partial charge in [-0.1, -0.05) is 40.9 Å². The molecule has 0 bridgehead atoms. The van der Waals surface area contributed by atoms with Crippen LogP contribution in [0.2, 0.25) is 15.1 Å². The number of benzene rings is 1. The van der Waals surface area contributed by atoms with Crippen molar-refractivity contribution in [2.75, 3.05) is 0 Å². The molecule has 0 unspecified atom stereocenters. The van der Waals surface area contributed by atoms with Crippen molar-refractivity contribution in [2.45, 2.75) is 12.8 Å². The van der Waals surface area contributed by atoms with Gasteiger partial charge in [-0.3, -0.25) is 9.20 Å². The quantitative estimate of drug-likeness (QED) is 0.588. The fraction of sp³-hybridized carbons (Fsp3) is 0.111. The van der Waals surface area contributed by atoms with E-state index in [1.165, 1.54) is 4.40 Å². The van der Waals surface area contributed by atoms with E-state index in [2.05, 4.69) is 4.98 Å². The average Bonchev–Trinajstić information content (AvgIpc) is 2.94. The summed E-state index contributed by atoms with van der Waals surface area (Å²) in [4.78, 5) is 17.3. The van der Waals surface area contributed by atoms with Crippen LogP contribution >= 0.6 is 34.8 Å². The van der Waals surface area contributed by atoms with Crippen LogP contribution in [-0.4, -0.2) is 9.38 Å². The van der Waals surface area contributed by atoms with Crippen molar-refractivity contribution in [3.8, 4) is 0 Å². The second-order valence-electron chi connectivity index (χ2n) is 5.66. The Balaban J connectivity index is 1.90. The van der Waals surface area contributed by atoms with Crippen molar-refractivity contribution >= 4 is 52.1 Å². The van der Waals surface area contributed by atoms with Gasteiger partial charge in [0, 0.05) is 21.8 Å². The topological polar surface area (TPSA) is 34.4 Å². The number of nitrogens with zero attached hydrogens (tertiary/aromatic N) is 2. The fourth-order valence-corrected chi connectivity index (χ4v) is 3.59. The van der Waals surface area contributed by atoms with Crippen molar-refractivity contribution in [2.24, 2.45) is 0 Å². The highest BCUT2D eigenvalue weighted by atomic mass is 35.5. The van der Waals surface area contributed by atoms with Crippen molar-refractivity contribution in [1.82, 2.24) is 9.38 Å². The van der Waals surface area contributed by atoms with Gasteiger partial charge in [-0.05, 0) is 54.3 Å². The molecule has 6 heteroatoms. The van der Waals surface area contributed by atoms with Crippen LogP contribution in [0.15, 0.2) is 41.3 Å². The van der Waals surface area contributed by atoms with Gasteiger partial charge >= 0.3 is 0 Å². The third kappa shape index (κ3) is 2.63. The lowest BCUT2D eigenvalue weighted by molar-refractivity contribution is 0.971. The molecule has 0 saturated carbocycles. The van der Waals surface area contributed by atoms with Crippen LogP contribution in [0.3, 0.4) is 0 Å². The van der Waals surface area contributed by atoms with E-state index < -0.39 is 0 Å². The normalized spacial score (nSPS) is 15.2. The summed E-state index contributed by atoms with van der Waals surface area (Å²) in [6, 6.07) is 8.83. The Morgan fingerprint density at radius 1 is 1.04 bits per heavy atom. The van der Waals surface area contributed by atoms with Gasteiger partial charge in [0.05, 0.1) is 10.7 Å². The summed E-state index contributed by atoms with van der Waals surface area (Å²) in [5.41, 5.74) is 3.84. The van der Waals surface area contributed by atoms with E-state index in [0.29, 0.717) is 32.7 Å². The molecule has 0 N–H and O–H groups in total. The second-order valence-corrected chi connectivity index (χ2v) is 6.94. The third-order valence-electron chi connectivity index (χ3n) is 4.12. The molecule has 3 aromatic rings. The molecule has 0 amide bonds. The number of hydrogen-bond acceptors (Lipinski definition) is 2. The minimum absolute atomic E-state index is 0.0666. The zero-order valence-corrected chi connectivity index (χ0v) is 14.7. The number of halogens is 3. The van der Waals surface area contributed by atoms with Crippen LogP contribution in [0.5, 0.6) is 0 Å². The molecule has 4 rings (SSSR count). The van der Waals surface area contributed by atoms with Crippen LogP contribution < -0.4 is 5.56 Å². The van der Waals surface area contributed by atoms with Crippen molar-refractivity contribution in [3.05, 3.63) is 78.8 Å². The molecular weight excluding hydrogens is 367 g/mol. The molecule has 0 saturated heterocycles. The highest BCUT2D eigenvalue weighted by Gasteiger charge is 2.23. The SMILES string of the molecule is O=c1c2c(nc3ccc(Cl)cn13)C(=Cc1ccc(Cl)cc1Cl)CC2. The largest absolute Gasteiger partial charge is 0.269 e. The van der Waals surface area contributed by atoms with E-state index in [1.54, 1.807) is 30.5 Å². The van der Waals surface area contributed by atoms with Gasteiger partial charge in [0.15, 0.2) is 0 Å². The predicted molar refractivity (Wildman–Crippen MR) is 99.1 cm³/mol. The first-order chi connectivity index (χ1) is 11.5. The van der Waals surface area contributed by atoms with E-state index >= 15 is 0 Å². The summed E-state index contributed by atoms with van der Waals surface area (Å²) >= 11 is 18.2. The Morgan fingerprint density at radius 2 is 1.83 bits per heavy atom. The lowest BCUT2D eigenvalue weighted by atomic mass is 10.1. The smallest absolute Gasteiger partial charge is 0.261 e. The maximum atomic E-state index is 12.7. The standard InChI is InChI=1S/C18H11Cl3N2O/c19-12-3-1-10(15(21)8-12)7-11-2-5-14-17(11)22-16-6-4-13(20)9-23(16)18(14)24/h1,3-4,6-9H,2,5H2. The summed E-state index contributed by atoms with van der Waals surface area (Å²) in [7, 11) is 0. The second kappa shape index (κ2) is 5.92. The van der Waals surface area contributed by atoms with E-state index in [-0.39, 0.29) is 5.56 Å². The van der Waals surface area contributed by atoms with Gasteiger partial charge in [-0.25, -0.2) is 4.98 Å². The molecule has 2 aromatic heterocycles. The minimum atomic E-state index is -0.0666. The molecule has 0 spiro atoms. The van der Waals surface area contributed by atoms with Gasteiger partial charge in [0.25, 0.3) is 5.56 Å². The van der Waals surface area contributed by atoms with Crippen molar-refractivity contribution in [1.29, 1.82) is 0 Å². The first-order valence-corrected chi connectivity index (χ1v) is 8.53. The summed E-state index contributed by atoms with van der Waals surface area (Å²) in [5, 5.41) is 1.68. The molecule has 24 heavy (non-hydrogen) atoms. The van der Waals surface area contributed by atoms with Gasteiger partial charge in [-0.2, -0.15) is 0 Å². The zero-order valence-electron chi connectivity index (χ0n) is 12.4. The molecule has 0 fully saturated rings. The number of hydrogen-bond donors (Lipinski definition) is 0. The van der Waals surface area contributed by atoms with Crippen LogP contribution in [0.1, 0.15) is 23.2 Å². The highest BCUT2D eigenvalue weighted by molar-refractivity contribution is 6.35. The first kappa shape index (κ1) is 15.7. The van der Waals surface area contributed by atoms with Crippen molar-refractivity contribution in [3.63, 3.8) is 0 Å². The van der Waals surface area contributed by atoms with Gasteiger partial charge in [0.1, 0.15) is 5.65 Å². The highest BCUT2D eigenvalue weighted by Crippen LogP contribution is 2.33. The summed E-state index contributed by atoms with van der Waals surface area (Å²) < 4.78 is 1.50. The van der Waals surface area contributed by atoms with Crippen LogP contribution in [0, 0.1) is 0 Å². The van der Waals surface area contributed by atoms with E-state index in [9.17, 15) is 4.79 Å².